The molecular weight excluding hydrogens is 309 g/mol. The van der Waals surface area contributed by atoms with Gasteiger partial charge in [0, 0.05) is 24.9 Å². The summed E-state index contributed by atoms with van der Waals surface area (Å²) in [4.78, 5) is 16.2. The van der Waals surface area contributed by atoms with Crippen LogP contribution < -0.4 is 10.6 Å². The van der Waals surface area contributed by atoms with Crippen molar-refractivity contribution in [2.24, 2.45) is 5.92 Å². The molecule has 3 rings (SSSR count). The molecule has 1 amide bonds. The predicted molar refractivity (Wildman–Crippen MR) is 88.8 cm³/mol. The minimum absolute atomic E-state index is 0.0872. The Hall–Kier alpha value is -2.21. The van der Waals surface area contributed by atoms with Crippen LogP contribution in [-0.2, 0) is 11.2 Å². The number of aromatic nitrogens is 1. The lowest BCUT2D eigenvalue weighted by atomic mass is 10.0. The quantitative estimate of drug-likeness (QED) is 0.818. The third kappa shape index (κ3) is 4.64. The largest absolute Gasteiger partial charge is 0.444 e. The Balaban J connectivity index is 1.40. The summed E-state index contributed by atoms with van der Waals surface area (Å²) in [5, 5.41) is 6.23. The standard InChI is InChI=1S/C18H22FN3O2/c19-15-4-2-14(3-5-15)18-22-16(12-24-18)8-10-21-17(23)6-1-13-7-9-20-11-13/h2-5,12-13,20H,1,6-11H2,(H,21,23). The van der Waals surface area contributed by atoms with Crippen molar-refractivity contribution in [3.63, 3.8) is 0 Å². The number of halogens is 1. The van der Waals surface area contributed by atoms with Gasteiger partial charge in [0.2, 0.25) is 11.8 Å². The SMILES string of the molecule is O=C(CCC1CCNC1)NCCc1coc(-c2ccc(F)cc2)n1. The number of rotatable bonds is 7. The van der Waals surface area contributed by atoms with Crippen molar-refractivity contribution < 1.29 is 13.6 Å². The molecule has 1 aliphatic rings. The van der Waals surface area contributed by atoms with Gasteiger partial charge in [0.05, 0.1) is 5.69 Å². The molecule has 128 valence electrons. The third-order valence-corrected chi connectivity index (χ3v) is 4.29. The van der Waals surface area contributed by atoms with Gasteiger partial charge in [-0.15, -0.1) is 0 Å². The van der Waals surface area contributed by atoms with Crippen LogP contribution in [0.15, 0.2) is 34.9 Å². The van der Waals surface area contributed by atoms with Crippen molar-refractivity contribution in [3.05, 3.63) is 42.0 Å². The second-order valence-electron chi connectivity index (χ2n) is 6.15. The van der Waals surface area contributed by atoms with Crippen LogP contribution in [0.4, 0.5) is 4.39 Å². The summed E-state index contributed by atoms with van der Waals surface area (Å²) in [5.74, 6) is 0.889. The zero-order chi connectivity index (χ0) is 16.8. The molecule has 1 aromatic heterocycles. The normalized spacial score (nSPS) is 17.1. The first-order chi connectivity index (χ1) is 11.7. The van der Waals surface area contributed by atoms with Crippen LogP contribution in [0.2, 0.25) is 0 Å². The number of hydrogen-bond donors (Lipinski definition) is 2. The van der Waals surface area contributed by atoms with Crippen LogP contribution in [0.5, 0.6) is 0 Å². The van der Waals surface area contributed by atoms with E-state index in [-0.39, 0.29) is 11.7 Å². The van der Waals surface area contributed by atoms with E-state index in [0.29, 0.717) is 31.2 Å². The van der Waals surface area contributed by atoms with Gasteiger partial charge in [-0.2, -0.15) is 0 Å². The van der Waals surface area contributed by atoms with Crippen LogP contribution >= 0.6 is 0 Å². The molecule has 0 aliphatic carbocycles. The summed E-state index contributed by atoms with van der Waals surface area (Å²) in [6, 6.07) is 6.01. The number of nitrogens with zero attached hydrogens (tertiary/aromatic N) is 1. The molecule has 0 spiro atoms. The summed E-state index contributed by atoms with van der Waals surface area (Å²) in [6.07, 6.45) is 4.87. The van der Waals surface area contributed by atoms with E-state index < -0.39 is 0 Å². The Bertz CT molecular complexity index is 663. The number of carbonyl (C=O) groups is 1. The topological polar surface area (TPSA) is 67.2 Å². The summed E-state index contributed by atoms with van der Waals surface area (Å²) >= 11 is 0. The molecule has 1 unspecified atom stereocenters. The Morgan fingerprint density at radius 3 is 2.96 bits per heavy atom. The number of benzene rings is 1. The van der Waals surface area contributed by atoms with E-state index in [1.54, 1.807) is 18.4 Å². The lowest BCUT2D eigenvalue weighted by Gasteiger charge is -2.08. The van der Waals surface area contributed by atoms with Crippen molar-refractivity contribution in [3.8, 4) is 11.5 Å². The summed E-state index contributed by atoms with van der Waals surface area (Å²) in [7, 11) is 0. The molecule has 1 fully saturated rings. The molecule has 1 saturated heterocycles. The minimum atomic E-state index is -0.290. The predicted octanol–water partition coefficient (Wildman–Crippen LogP) is 2.53. The first kappa shape index (κ1) is 16.6. The highest BCUT2D eigenvalue weighted by atomic mass is 19.1. The molecule has 2 aromatic rings. The Morgan fingerprint density at radius 1 is 1.38 bits per heavy atom. The molecule has 0 bridgehead atoms. The molecule has 6 heteroatoms. The van der Waals surface area contributed by atoms with Crippen LogP contribution in [-0.4, -0.2) is 30.5 Å². The van der Waals surface area contributed by atoms with Crippen LogP contribution in [0, 0.1) is 11.7 Å². The van der Waals surface area contributed by atoms with Crippen molar-refractivity contribution in [2.45, 2.75) is 25.7 Å². The monoisotopic (exact) mass is 331 g/mol. The second-order valence-corrected chi connectivity index (χ2v) is 6.15. The zero-order valence-corrected chi connectivity index (χ0v) is 13.6. The Morgan fingerprint density at radius 2 is 2.21 bits per heavy atom. The minimum Gasteiger partial charge on any atom is -0.444 e. The lowest BCUT2D eigenvalue weighted by molar-refractivity contribution is -0.121. The van der Waals surface area contributed by atoms with Crippen molar-refractivity contribution >= 4 is 5.91 Å². The Kier molecular flexibility index (Phi) is 5.59. The van der Waals surface area contributed by atoms with E-state index in [1.165, 1.54) is 18.6 Å². The molecule has 5 nitrogen and oxygen atoms in total. The van der Waals surface area contributed by atoms with Crippen molar-refractivity contribution in [1.82, 2.24) is 15.6 Å². The molecule has 0 radical (unpaired) electrons. The summed E-state index contributed by atoms with van der Waals surface area (Å²) in [6.45, 7) is 2.63. The van der Waals surface area contributed by atoms with Crippen LogP contribution in [0.3, 0.4) is 0 Å². The molecular formula is C18H22FN3O2. The lowest BCUT2D eigenvalue weighted by Crippen LogP contribution is -2.26. The van der Waals surface area contributed by atoms with E-state index in [2.05, 4.69) is 15.6 Å². The Labute approximate surface area is 140 Å². The van der Waals surface area contributed by atoms with E-state index in [9.17, 15) is 9.18 Å². The molecule has 0 saturated carbocycles. The first-order valence-electron chi connectivity index (χ1n) is 8.38. The second kappa shape index (κ2) is 8.06. The van der Waals surface area contributed by atoms with E-state index >= 15 is 0 Å². The zero-order valence-electron chi connectivity index (χ0n) is 13.6. The molecule has 1 aromatic carbocycles. The maximum atomic E-state index is 12.9. The molecule has 1 atom stereocenters. The number of carbonyl (C=O) groups excluding carboxylic acids is 1. The van der Waals surface area contributed by atoms with Crippen LogP contribution in [0.1, 0.15) is 25.0 Å². The van der Waals surface area contributed by atoms with Gasteiger partial charge < -0.3 is 15.1 Å². The molecule has 1 aliphatic heterocycles. The summed E-state index contributed by atoms with van der Waals surface area (Å²) in [5.41, 5.74) is 1.51. The molecule has 2 heterocycles. The van der Waals surface area contributed by atoms with Gasteiger partial charge in [-0.05, 0) is 56.1 Å². The maximum absolute atomic E-state index is 12.9. The van der Waals surface area contributed by atoms with Crippen molar-refractivity contribution in [1.29, 1.82) is 0 Å². The van der Waals surface area contributed by atoms with E-state index in [4.69, 9.17) is 4.42 Å². The fourth-order valence-corrected chi connectivity index (χ4v) is 2.86. The van der Waals surface area contributed by atoms with Gasteiger partial charge in [-0.25, -0.2) is 9.37 Å². The highest BCUT2D eigenvalue weighted by Crippen LogP contribution is 2.19. The van der Waals surface area contributed by atoms with Gasteiger partial charge in [-0.1, -0.05) is 0 Å². The molecule has 2 N–H and O–H groups in total. The number of nitrogens with one attached hydrogen (secondary N) is 2. The van der Waals surface area contributed by atoms with Gasteiger partial charge >= 0.3 is 0 Å². The number of oxazole rings is 1. The highest BCUT2D eigenvalue weighted by molar-refractivity contribution is 5.75. The van der Waals surface area contributed by atoms with Gasteiger partial charge in [0.25, 0.3) is 0 Å². The van der Waals surface area contributed by atoms with Gasteiger partial charge in [0.1, 0.15) is 12.1 Å². The number of hydrogen-bond acceptors (Lipinski definition) is 4. The molecule has 24 heavy (non-hydrogen) atoms. The first-order valence-corrected chi connectivity index (χ1v) is 8.38. The fourth-order valence-electron chi connectivity index (χ4n) is 2.86. The maximum Gasteiger partial charge on any atom is 0.226 e. The van der Waals surface area contributed by atoms with Crippen molar-refractivity contribution in [2.75, 3.05) is 19.6 Å². The van der Waals surface area contributed by atoms with Crippen LogP contribution in [0.25, 0.3) is 11.5 Å². The van der Waals surface area contributed by atoms with Gasteiger partial charge in [0.15, 0.2) is 0 Å². The summed E-state index contributed by atoms with van der Waals surface area (Å²) < 4.78 is 18.3. The highest BCUT2D eigenvalue weighted by Gasteiger charge is 2.15. The van der Waals surface area contributed by atoms with E-state index in [0.717, 1.165) is 30.8 Å². The number of amides is 1. The average Bonchev–Trinajstić information content (AvgIpc) is 3.25. The van der Waals surface area contributed by atoms with E-state index in [1.807, 2.05) is 0 Å². The fraction of sp³-hybridized carbons (Fsp3) is 0.444. The smallest absolute Gasteiger partial charge is 0.226 e. The average molecular weight is 331 g/mol. The van der Waals surface area contributed by atoms with Gasteiger partial charge in [-0.3, -0.25) is 4.79 Å². The third-order valence-electron chi connectivity index (χ3n) is 4.29.